The standard InChI is InChI=1S/C14H11FN2O4/c1-8-7-21-14(16-8)17-13(20)10-4-2-9(6-11(10)15)3-5-12(18)19/h2-7H,1H3,(H,18,19)(H,16,17,20)/b5-3+. The van der Waals surface area contributed by atoms with Crippen molar-refractivity contribution in [3.63, 3.8) is 0 Å². The van der Waals surface area contributed by atoms with Crippen LogP contribution in [0.5, 0.6) is 0 Å². The van der Waals surface area contributed by atoms with Gasteiger partial charge in [-0.15, -0.1) is 0 Å². The predicted molar refractivity (Wildman–Crippen MR) is 72.3 cm³/mol. The molecule has 1 amide bonds. The molecule has 0 aliphatic heterocycles. The molecule has 1 aromatic heterocycles. The molecule has 6 nitrogen and oxygen atoms in total. The van der Waals surface area contributed by atoms with E-state index in [1.54, 1.807) is 6.92 Å². The van der Waals surface area contributed by atoms with Crippen molar-refractivity contribution in [3.8, 4) is 0 Å². The molecular formula is C14H11FN2O4. The van der Waals surface area contributed by atoms with Crippen molar-refractivity contribution < 1.29 is 23.5 Å². The Balaban J connectivity index is 2.16. The van der Waals surface area contributed by atoms with Crippen molar-refractivity contribution in [3.05, 3.63) is 53.2 Å². The van der Waals surface area contributed by atoms with Gasteiger partial charge in [-0.1, -0.05) is 6.07 Å². The van der Waals surface area contributed by atoms with Crippen LogP contribution in [0.3, 0.4) is 0 Å². The third kappa shape index (κ3) is 3.75. The molecule has 21 heavy (non-hydrogen) atoms. The summed E-state index contributed by atoms with van der Waals surface area (Å²) in [5.74, 6) is -2.62. The zero-order valence-electron chi connectivity index (χ0n) is 11.0. The van der Waals surface area contributed by atoms with E-state index < -0.39 is 17.7 Å². The lowest BCUT2D eigenvalue weighted by Gasteiger charge is -2.03. The molecule has 0 saturated heterocycles. The Labute approximate surface area is 118 Å². The Morgan fingerprint density at radius 2 is 2.19 bits per heavy atom. The second kappa shape index (κ2) is 6.00. The number of carboxylic acid groups (broad SMARTS) is 1. The number of carbonyl (C=O) groups excluding carboxylic acids is 1. The molecule has 1 heterocycles. The first kappa shape index (κ1) is 14.4. The zero-order valence-corrected chi connectivity index (χ0v) is 11.0. The third-order valence-corrected chi connectivity index (χ3v) is 2.50. The summed E-state index contributed by atoms with van der Waals surface area (Å²) in [6, 6.07) is 3.72. The lowest BCUT2D eigenvalue weighted by molar-refractivity contribution is -0.131. The van der Waals surface area contributed by atoms with E-state index in [1.165, 1.54) is 24.5 Å². The van der Waals surface area contributed by atoms with Crippen molar-refractivity contribution in [1.29, 1.82) is 0 Å². The molecule has 7 heteroatoms. The van der Waals surface area contributed by atoms with Crippen molar-refractivity contribution in [2.24, 2.45) is 0 Å². The summed E-state index contributed by atoms with van der Waals surface area (Å²) in [5, 5.41) is 10.8. The van der Waals surface area contributed by atoms with E-state index in [0.717, 1.165) is 12.1 Å². The van der Waals surface area contributed by atoms with Crippen LogP contribution < -0.4 is 5.32 Å². The summed E-state index contributed by atoms with van der Waals surface area (Å²) >= 11 is 0. The molecule has 2 N–H and O–H groups in total. The first-order valence-electron chi connectivity index (χ1n) is 5.90. The molecule has 0 fully saturated rings. The van der Waals surface area contributed by atoms with Gasteiger partial charge in [0.15, 0.2) is 0 Å². The number of carbonyl (C=O) groups is 2. The minimum Gasteiger partial charge on any atom is -0.478 e. The minimum absolute atomic E-state index is 0.0215. The molecule has 0 aliphatic rings. The normalized spacial score (nSPS) is 10.8. The number of benzene rings is 1. The summed E-state index contributed by atoms with van der Waals surface area (Å²) in [6.45, 7) is 1.68. The molecule has 1 aromatic carbocycles. The Morgan fingerprint density at radius 1 is 1.43 bits per heavy atom. The number of aliphatic carboxylic acids is 1. The first-order chi connectivity index (χ1) is 9.95. The molecule has 2 rings (SSSR count). The van der Waals surface area contributed by atoms with E-state index in [-0.39, 0.29) is 11.6 Å². The lowest BCUT2D eigenvalue weighted by atomic mass is 10.1. The van der Waals surface area contributed by atoms with Crippen LogP contribution in [-0.4, -0.2) is 22.0 Å². The molecule has 0 saturated carbocycles. The van der Waals surface area contributed by atoms with Gasteiger partial charge in [0.25, 0.3) is 5.91 Å². The van der Waals surface area contributed by atoms with Gasteiger partial charge in [-0.25, -0.2) is 9.18 Å². The van der Waals surface area contributed by atoms with Crippen molar-refractivity contribution in [2.45, 2.75) is 6.92 Å². The highest BCUT2D eigenvalue weighted by Crippen LogP contribution is 2.14. The monoisotopic (exact) mass is 290 g/mol. The Hall–Kier alpha value is -2.96. The number of oxazole rings is 1. The number of carboxylic acids is 1. The van der Waals surface area contributed by atoms with Crippen LogP contribution in [0, 0.1) is 12.7 Å². The van der Waals surface area contributed by atoms with Crippen molar-refractivity contribution >= 4 is 24.0 Å². The zero-order chi connectivity index (χ0) is 15.4. The summed E-state index contributed by atoms with van der Waals surface area (Å²) in [4.78, 5) is 26.1. The SMILES string of the molecule is Cc1coc(NC(=O)c2ccc(/C=C/C(=O)O)cc2F)n1. The summed E-state index contributed by atoms with van der Waals surface area (Å²) in [7, 11) is 0. The second-order valence-corrected chi connectivity index (χ2v) is 4.16. The molecule has 0 bridgehead atoms. The van der Waals surface area contributed by atoms with Gasteiger partial charge in [-0.2, -0.15) is 4.98 Å². The van der Waals surface area contributed by atoms with Crippen LogP contribution in [0.1, 0.15) is 21.6 Å². The van der Waals surface area contributed by atoms with Gasteiger partial charge in [0.2, 0.25) is 0 Å². The maximum atomic E-state index is 13.8. The van der Waals surface area contributed by atoms with Crippen LogP contribution in [0.25, 0.3) is 6.08 Å². The van der Waals surface area contributed by atoms with Gasteiger partial charge < -0.3 is 9.52 Å². The molecular weight excluding hydrogens is 279 g/mol. The number of anilines is 1. The maximum Gasteiger partial charge on any atom is 0.328 e. The quantitative estimate of drug-likeness (QED) is 0.844. The highest BCUT2D eigenvalue weighted by Gasteiger charge is 2.14. The molecule has 2 aromatic rings. The summed E-state index contributed by atoms with van der Waals surface area (Å²) < 4.78 is 18.8. The van der Waals surface area contributed by atoms with Gasteiger partial charge in [0.05, 0.1) is 11.3 Å². The van der Waals surface area contributed by atoms with Gasteiger partial charge >= 0.3 is 12.0 Å². The fourth-order valence-electron chi connectivity index (χ4n) is 1.56. The van der Waals surface area contributed by atoms with Crippen LogP contribution in [-0.2, 0) is 4.79 Å². The van der Waals surface area contributed by atoms with Gasteiger partial charge in [0, 0.05) is 6.08 Å². The number of rotatable bonds is 4. The maximum absolute atomic E-state index is 13.8. The van der Waals surface area contributed by atoms with E-state index in [1.807, 2.05) is 0 Å². The molecule has 0 unspecified atom stereocenters. The molecule has 108 valence electrons. The van der Waals surface area contributed by atoms with Gasteiger partial charge in [-0.3, -0.25) is 10.1 Å². The van der Waals surface area contributed by atoms with E-state index >= 15 is 0 Å². The van der Waals surface area contributed by atoms with Crippen LogP contribution in [0.2, 0.25) is 0 Å². The van der Waals surface area contributed by atoms with Crippen LogP contribution in [0.15, 0.2) is 35.0 Å². The summed E-state index contributed by atoms with van der Waals surface area (Å²) in [5.41, 5.74) is 0.719. The van der Waals surface area contributed by atoms with E-state index in [0.29, 0.717) is 11.3 Å². The lowest BCUT2D eigenvalue weighted by Crippen LogP contribution is -2.14. The Kier molecular flexibility index (Phi) is 4.13. The predicted octanol–water partition coefficient (Wildman–Crippen LogP) is 2.47. The molecule has 0 radical (unpaired) electrons. The Bertz CT molecular complexity index is 722. The number of aromatic nitrogens is 1. The van der Waals surface area contributed by atoms with Crippen LogP contribution >= 0.6 is 0 Å². The number of nitrogens with one attached hydrogen (secondary N) is 1. The number of aryl methyl sites for hydroxylation is 1. The van der Waals surface area contributed by atoms with E-state index in [9.17, 15) is 14.0 Å². The van der Waals surface area contributed by atoms with Crippen molar-refractivity contribution in [2.75, 3.05) is 5.32 Å². The number of amides is 1. The smallest absolute Gasteiger partial charge is 0.328 e. The highest BCUT2D eigenvalue weighted by atomic mass is 19.1. The first-order valence-corrected chi connectivity index (χ1v) is 5.90. The fraction of sp³-hybridized carbons (Fsp3) is 0.0714. The average molecular weight is 290 g/mol. The minimum atomic E-state index is -1.14. The highest BCUT2D eigenvalue weighted by molar-refractivity contribution is 6.03. The van der Waals surface area contributed by atoms with Crippen LogP contribution in [0.4, 0.5) is 10.4 Å². The number of halogens is 1. The fourth-order valence-corrected chi connectivity index (χ4v) is 1.56. The number of hydrogen-bond acceptors (Lipinski definition) is 4. The molecule has 0 atom stereocenters. The van der Waals surface area contributed by atoms with E-state index in [2.05, 4.69) is 10.3 Å². The van der Waals surface area contributed by atoms with Crippen molar-refractivity contribution in [1.82, 2.24) is 4.98 Å². The van der Waals surface area contributed by atoms with Gasteiger partial charge in [0.1, 0.15) is 12.1 Å². The summed E-state index contributed by atoms with van der Waals surface area (Å²) in [6.07, 6.45) is 3.46. The van der Waals surface area contributed by atoms with E-state index in [4.69, 9.17) is 9.52 Å². The Morgan fingerprint density at radius 3 is 2.76 bits per heavy atom. The third-order valence-electron chi connectivity index (χ3n) is 2.50. The number of hydrogen-bond donors (Lipinski definition) is 2. The van der Waals surface area contributed by atoms with Gasteiger partial charge in [-0.05, 0) is 30.7 Å². The molecule has 0 aliphatic carbocycles. The average Bonchev–Trinajstić information content (AvgIpc) is 2.81. The molecule has 0 spiro atoms. The topological polar surface area (TPSA) is 92.4 Å². The largest absolute Gasteiger partial charge is 0.478 e. The number of nitrogens with zero attached hydrogens (tertiary/aromatic N) is 1. The second-order valence-electron chi connectivity index (χ2n) is 4.16.